The van der Waals surface area contributed by atoms with Crippen molar-refractivity contribution < 1.29 is 23.8 Å². The van der Waals surface area contributed by atoms with Crippen LogP contribution in [0.4, 0.5) is 0 Å². The van der Waals surface area contributed by atoms with E-state index in [1.54, 1.807) is 6.08 Å². The van der Waals surface area contributed by atoms with Crippen LogP contribution in [0.25, 0.3) is 0 Å². The number of fused-ring (bicyclic) bond motifs is 3. The van der Waals surface area contributed by atoms with Gasteiger partial charge in [0, 0.05) is 24.8 Å². The minimum absolute atomic E-state index is 0.144. The standard InChI is InChI=1S/C29H44O5/c1-5-7-13-29(33-15-16-34-29)19-21-17-22-12-14-28(4)23(20(3)8-11-26(31)32-6-2)9-10-24(28)27(22)25(30)18-21/h8,11,18,20,22-24,27H,5-7,9-10,12-17,19H2,1-4H3/b11-8+/t20-,22?,23?,24?,27?,28-/m1/s1. The van der Waals surface area contributed by atoms with Crippen LogP contribution >= 0.6 is 0 Å². The van der Waals surface area contributed by atoms with Gasteiger partial charge in [-0.15, -0.1) is 0 Å². The van der Waals surface area contributed by atoms with Crippen molar-refractivity contribution >= 4 is 11.8 Å². The number of rotatable bonds is 9. The molecular formula is C29H44O5. The van der Waals surface area contributed by atoms with E-state index in [-0.39, 0.29) is 17.3 Å². The number of hydrogen-bond donors (Lipinski definition) is 0. The predicted molar refractivity (Wildman–Crippen MR) is 132 cm³/mol. The number of carbonyl (C=O) groups excluding carboxylic acids is 2. The fourth-order valence-corrected chi connectivity index (χ4v) is 7.78. The molecule has 0 radical (unpaired) electrons. The Morgan fingerprint density at radius 3 is 2.71 bits per heavy atom. The second kappa shape index (κ2) is 10.7. The van der Waals surface area contributed by atoms with Crippen LogP contribution in [0.5, 0.6) is 0 Å². The lowest BCUT2D eigenvalue weighted by Gasteiger charge is -2.50. The summed E-state index contributed by atoms with van der Waals surface area (Å²) in [5, 5.41) is 0. The Kier molecular flexibility index (Phi) is 8.03. The van der Waals surface area contributed by atoms with Gasteiger partial charge in [0.25, 0.3) is 0 Å². The molecule has 5 heteroatoms. The molecule has 1 heterocycles. The molecule has 0 amide bonds. The Morgan fingerprint density at radius 1 is 1.24 bits per heavy atom. The molecule has 3 aliphatic carbocycles. The summed E-state index contributed by atoms with van der Waals surface area (Å²) in [4.78, 5) is 25.4. The number of ketones is 1. The molecule has 2 saturated carbocycles. The Bertz CT molecular complexity index is 807. The smallest absolute Gasteiger partial charge is 0.330 e. The van der Waals surface area contributed by atoms with Crippen molar-refractivity contribution in [2.45, 2.75) is 91.3 Å². The summed E-state index contributed by atoms with van der Waals surface area (Å²) >= 11 is 0. The SMILES string of the molecule is CCCCC1(CC2=CC(=O)C3C(CC[C@@]4(C)C3CCC4[C@H](C)/C=C/C(=O)OCC)C2)OCCO1. The monoisotopic (exact) mass is 472 g/mol. The normalized spacial score (nSPS) is 35.6. The molecule has 4 aliphatic rings. The summed E-state index contributed by atoms with van der Waals surface area (Å²) in [6.07, 6.45) is 14.9. The van der Waals surface area contributed by atoms with Crippen LogP contribution in [0, 0.1) is 35.0 Å². The predicted octanol–water partition coefficient (Wildman–Crippen LogP) is 6.02. The fourth-order valence-electron chi connectivity index (χ4n) is 7.78. The lowest BCUT2D eigenvalue weighted by molar-refractivity contribution is -0.162. The number of unbranched alkanes of at least 4 members (excludes halogenated alkanes) is 1. The van der Waals surface area contributed by atoms with Crippen LogP contribution in [-0.2, 0) is 23.8 Å². The third-order valence-electron chi connectivity index (χ3n) is 9.36. The third-order valence-corrected chi connectivity index (χ3v) is 9.36. The van der Waals surface area contributed by atoms with Gasteiger partial charge in [0.2, 0.25) is 0 Å². The van der Waals surface area contributed by atoms with Crippen molar-refractivity contribution in [2.75, 3.05) is 19.8 Å². The first-order chi connectivity index (χ1) is 16.3. The maximum Gasteiger partial charge on any atom is 0.330 e. The number of carbonyl (C=O) groups is 2. The maximum atomic E-state index is 13.5. The average molecular weight is 473 g/mol. The van der Waals surface area contributed by atoms with Gasteiger partial charge in [0.1, 0.15) is 0 Å². The number of ether oxygens (including phenoxy) is 3. The zero-order chi connectivity index (χ0) is 24.3. The summed E-state index contributed by atoms with van der Waals surface area (Å²) in [6, 6.07) is 0. The van der Waals surface area contributed by atoms with E-state index in [2.05, 4.69) is 20.8 Å². The average Bonchev–Trinajstić information content (AvgIpc) is 3.40. The van der Waals surface area contributed by atoms with Crippen molar-refractivity contribution in [3.63, 3.8) is 0 Å². The van der Waals surface area contributed by atoms with E-state index in [0.29, 0.717) is 49.3 Å². The van der Waals surface area contributed by atoms with Gasteiger partial charge in [-0.3, -0.25) is 4.79 Å². The Morgan fingerprint density at radius 2 is 2.00 bits per heavy atom. The van der Waals surface area contributed by atoms with Crippen LogP contribution in [0.2, 0.25) is 0 Å². The van der Waals surface area contributed by atoms with Gasteiger partial charge < -0.3 is 14.2 Å². The van der Waals surface area contributed by atoms with Gasteiger partial charge in [-0.1, -0.05) is 38.8 Å². The quantitative estimate of drug-likeness (QED) is 0.303. The van der Waals surface area contributed by atoms with E-state index in [0.717, 1.165) is 57.8 Å². The first-order valence-electron chi connectivity index (χ1n) is 13.7. The second-order valence-corrected chi connectivity index (χ2v) is 11.4. The second-order valence-electron chi connectivity index (χ2n) is 11.4. The molecule has 0 N–H and O–H groups in total. The van der Waals surface area contributed by atoms with Gasteiger partial charge in [-0.05, 0) is 80.6 Å². The van der Waals surface area contributed by atoms with Crippen LogP contribution in [0.1, 0.15) is 85.5 Å². The van der Waals surface area contributed by atoms with Crippen molar-refractivity contribution in [3.8, 4) is 0 Å². The van der Waals surface area contributed by atoms with E-state index in [4.69, 9.17) is 14.2 Å². The van der Waals surface area contributed by atoms with Crippen molar-refractivity contribution in [1.82, 2.24) is 0 Å². The lowest BCUT2D eigenvalue weighted by atomic mass is 9.53. The van der Waals surface area contributed by atoms with Crippen LogP contribution in [0.3, 0.4) is 0 Å². The number of hydrogen-bond acceptors (Lipinski definition) is 5. The molecule has 0 aromatic rings. The molecule has 1 saturated heterocycles. The Hall–Kier alpha value is -1.46. The van der Waals surface area contributed by atoms with Gasteiger partial charge in [-0.2, -0.15) is 0 Å². The molecule has 5 nitrogen and oxygen atoms in total. The molecule has 0 bridgehead atoms. The summed E-state index contributed by atoms with van der Waals surface area (Å²) in [5.74, 6) is 1.39. The van der Waals surface area contributed by atoms with Crippen molar-refractivity contribution in [3.05, 3.63) is 23.8 Å². The number of esters is 1. The highest BCUT2D eigenvalue weighted by Gasteiger charge is 2.57. The van der Waals surface area contributed by atoms with Crippen LogP contribution in [0.15, 0.2) is 23.8 Å². The molecule has 1 aliphatic heterocycles. The molecular weight excluding hydrogens is 428 g/mol. The summed E-state index contributed by atoms with van der Waals surface area (Å²) < 4.78 is 17.2. The molecule has 34 heavy (non-hydrogen) atoms. The van der Waals surface area contributed by atoms with E-state index in [1.165, 1.54) is 5.57 Å². The van der Waals surface area contributed by atoms with E-state index in [1.807, 2.05) is 19.1 Å². The van der Waals surface area contributed by atoms with Gasteiger partial charge in [-0.25, -0.2) is 4.79 Å². The molecule has 4 rings (SSSR count). The topological polar surface area (TPSA) is 61.8 Å². The van der Waals surface area contributed by atoms with E-state index >= 15 is 0 Å². The first-order valence-corrected chi connectivity index (χ1v) is 13.7. The van der Waals surface area contributed by atoms with Crippen molar-refractivity contribution in [2.24, 2.45) is 35.0 Å². The largest absolute Gasteiger partial charge is 0.463 e. The minimum atomic E-state index is -0.517. The van der Waals surface area contributed by atoms with Gasteiger partial charge in [0.05, 0.1) is 19.8 Å². The number of allylic oxidation sites excluding steroid dienone is 2. The Labute approximate surface area is 205 Å². The van der Waals surface area contributed by atoms with Crippen molar-refractivity contribution in [1.29, 1.82) is 0 Å². The van der Waals surface area contributed by atoms with Gasteiger partial charge in [0.15, 0.2) is 11.6 Å². The Balaban J connectivity index is 1.46. The summed E-state index contributed by atoms with van der Waals surface area (Å²) in [5.41, 5.74) is 1.38. The highest BCUT2D eigenvalue weighted by molar-refractivity contribution is 5.94. The minimum Gasteiger partial charge on any atom is -0.463 e. The molecule has 0 spiro atoms. The lowest BCUT2D eigenvalue weighted by Crippen LogP contribution is -2.47. The molecule has 190 valence electrons. The molecule has 6 atom stereocenters. The van der Waals surface area contributed by atoms with Crippen LogP contribution in [-0.4, -0.2) is 37.4 Å². The molecule has 0 aromatic carbocycles. The van der Waals surface area contributed by atoms with Gasteiger partial charge >= 0.3 is 5.97 Å². The van der Waals surface area contributed by atoms with E-state index in [9.17, 15) is 9.59 Å². The molecule has 3 fully saturated rings. The fraction of sp³-hybridized carbons (Fsp3) is 0.793. The molecule has 0 aromatic heterocycles. The maximum absolute atomic E-state index is 13.5. The zero-order valence-corrected chi connectivity index (χ0v) is 21.6. The first kappa shape index (κ1) is 25.6. The highest BCUT2D eigenvalue weighted by atomic mass is 16.7. The summed E-state index contributed by atoms with van der Waals surface area (Å²) in [7, 11) is 0. The van der Waals surface area contributed by atoms with Crippen LogP contribution < -0.4 is 0 Å². The molecule has 4 unspecified atom stereocenters. The highest BCUT2D eigenvalue weighted by Crippen LogP contribution is 2.62. The third kappa shape index (κ3) is 5.06. The summed E-state index contributed by atoms with van der Waals surface area (Å²) in [6.45, 7) is 10.4. The zero-order valence-electron chi connectivity index (χ0n) is 21.6. The van der Waals surface area contributed by atoms with E-state index < -0.39 is 5.79 Å².